The molecule has 0 atom stereocenters. The van der Waals surface area contributed by atoms with E-state index in [0.717, 1.165) is 12.8 Å². The van der Waals surface area contributed by atoms with Crippen LogP contribution in [0.2, 0.25) is 0 Å². The van der Waals surface area contributed by atoms with Gasteiger partial charge in [0.2, 0.25) is 11.8 Å². The molecule has 0 aliphatic carbocycles. The lowest BCUT2D eigenvalue weighted by molar-refractivity contribution is -0.123. The molecule has 9 heteroatoms. The first-order valence-corrected chi connectivity index (χ1v) is 11.3. The number of nitrogens with one attached hydrogen (secondary N) is 1. The number of hydrogen-bond donors (Lipinski definition) is 1. The molecule has 176 valence electrons. The predicted molar refractivity (Wildman–Crippen MR) is 122 cm³/mol. The lowest BCUT2D eigenvalue weighted by Crippen LogP contribution is -2.46. The number of benzene rings is 1. The Kier molecular flexibility index (Phi) is 7.74. The highest BCUT2D eigenvalue weighted by atomic mass is 16.5. The molecule has 1 fully saturated rings. The summed E-state index contributed by atoms with van der Waals surface area (Å²) in [6, 6.07) is 10.8. The predicted octanol–water partition coefficient (Wildman–Crippen LogP) is 1.94. The second-order valence-corrected chi connectivity index (χ2v) is 8.21. The number of aromatic nitrogens is 1. The zero-order valence-corrected chi connectivity index (χ0v) is 18.9. The van der Waals surface area contributed by atoms with Crippen molar-refractivity contribution in [2.75, 3.05) is 53.0 Å². The van der Waals surface area contributed by atoms with E-state index in [1.165, 1.54) is 0 Å². The van der Waals surface area contributed by atoms with Crippen LogP contribution >= 0.6 is 0 Å². The molecular weight excluding hydrogens is 424 g/mol. The lowest BCUT2D eigenvalue weighted by atomic mass is 10.1. The minimum Gasteiger partial charge on any atom is -0.488 e. The van der Waals surface area contributed by atoms with E-state index < -0.39 is 0 Å². The Labute approximate surface area is 193 Å². The maximum Gasteiger partial charge on any atom is 0.259 e. The molecule has 0 unspecified atom stereocenters. The molecule has 1 aromatic carbocycles. The van der Waals surface area contributed by atoms with Crippen molar-refractivity contribution in [3.63, 3.8) is 0 Å². The van der Waals surface area contributed by atoms with Crippen molar-refractivity contribution in [2.45, 2.75) is 18.9 Å². The number of carbonyl (C=O) groups excluding carboxylic acids is 2. The number of carbonyl (C=O) groups is 2. The van der Waals surface area contributed by atoms with Gasteiger partial charge in [0, 0.05) is 52.1 Å². The minimum absolute atomic E-state index is 0.0292. The van der Waals surface area contributed by atoms with Gasteiger partial charge in [-0.2, -0.15) is 0 Å². The number of fused-ring (bicyclic) bond motifs is 2. The van der Waals surface area contributed by atoms with Gasteiger partial charge in [0.05, 0.1) is 6.54 Å². The van der Waals surface area contributed by atoms with Gasteiger partial charge in [0.25, 0.3) is 5.91 Å². The number of hydrogen-bond acceptors (Lipinski definition) is 7. The quantitative estimate of drug-likeness (QED) is 0.758. The minimum atomic E-state index is -0.192. The highest BCUT2D eigenvalue weighted by Gasteiger charge is 2.22. The summed E-state index contributed by atoms with van der Waals surface area (Å²) < 4.78 is 17.3. The number of nitrogens with zero attached hydrogens (tertiary/aromatic N) is 3. The van der Waals surface area contributed by atoms with Gasteiger partial charge in [-0.15, -0.1) is 0 Å². The van der Waals surface area contributed by atoms with Gasteiger partial charge in [-0.25, -0.2) is 4.98 Å². The SMILES string of the molecule is CN1CCN(CC(=O)NC2CCOCC2)CCOc2ccccc2Oc2ncccc2C1=O. The van der Waals surface area contributed by atoms with Crippen LogP contribution in [0.15, 0.2) is 42.6 Å². The molecule has 0 bridgehead atoms. The summed E-state index contributed by atoms with van der Waals surface area (Å²) in [7, 11) is 1.74. The summed E-state index contributed by atoms with van der Waals surface area (Å²) in [5.41, 5.74) is 0.373. The van der Waals surface area contributed by atoms with Crippen LogP contribution < -0.4 is 14.8 Å². The van der Waals surface area contributed by atoms with Crippen molar-refractivity contribution >= 4 is 11.8 Å². The average molecular weight is 455 g/mol. The van der Waals surface area contributed by atoms with E-state index in [1.54, 1.807) is 36.3 Å². The van der Waals surface area contributed by atoms with Crippen molar-refractivity contribution in [3.8, 4) is 17.4 Å². The van der Waals surface area contributed by atoms with E-state index in [4.69, 9.17) is 14.2 Å². The number of amides is 2. The summed E-state index contributed by atoms with van der Waals surface area (Å²) in [6.45, 7) is 3.47. The topological polar surface area (TPSA) is 93.2 Å². The fourth-order valence-corrected chi connectivity index (χ4v) is 3.86. The standard InChI is InChI=1S/C24H30N4O5/c1-27-11-12-28(17-22(29)26-18-8-14-31-15-9-18)13-16-32-20-6-2-3-7-21(20)33-23-19(24(27)30)5-4-10-25-23/h2-7,10,18H,8-9,11-17H2,1H3,(H,26,29). The summed E-state index contributed by atoms with van der Waals surface area (Å²) in [6.07, 6.45) is 3.25. The molecule has 1 aromatic heterocycles. The van der Waals surface area contributed by atoms with Crippen LogP contribution in [0.5, 0.6) is 17.4 Å². The molecule has 2 aromatic rings. The van der Waals surface area contributed by atoms with Crippen LogP contribution in [0.1, 0.15) is 23.2 Å². The van der Waals surface area contributed by atoms with Crippen molar-refractivity contribution in [1.29, 1.82) is 0 Å². The van der Waals surface area contributed by atoms with E-state index in [0.29, 0.717) is 56.5 Å². The van der Waals surface area contributed by atoms with Gasteiger partial charge in [-0.05, 0) is 37.1 Å². The summed E-state index contributed by atoms with van der Waals surface area (Å²) in [5, 5.41) is 3.10. The Morgan fingerprint density at radius 1 is 1.06 bits per heavy atom. The molecule has 1 N–H and O–H groups in total. The fourth-order valence-electron chi connectivity index (χ4n) is 3.86. The normalized spacial score (nSPS) is 18.5. The summed E-state index contributed by atoms with van der Waals surface area (Å²) >= 11 is 0. The van der Waals surface area contributed by atoms with Crippen molar-refractivity contribution in [1.82, 2.24) is 20.1 Å². The van der Waals surface area contributed by atoms with Crippen LogP contribution in [-0.4, -0.2) is 85.7 Å². The van der Waals surface area contributed by atoms with Crippen LogP contribution in [-0.2, 0) is 9.53 Å². The number of likely N-dealkylation sites (N-methyl/N-ethyl adjacent to an activating group) is 1. The zero-order valence-electron chi connectivity index (χ0n) is 18.9. The van der Waals surface area contributed by atoms with Gasteiger partial charge in [0.1, 0.15) is 12.2 Å². The third-order valence-corrected chi connectivity index (χ3v) is 5.77. The maximum atomic E-state index is 13.1. The Morgan fingerprint density at radius 2 is 1.85 bits per heavy atom. The zero-order chi connectivity index (χ0) is 23.0. The smallest absolute Gasteiger partial charge is 0.259 e. The lowest BCUT2D eigenvalue weighted by Gasteiger charge is -2.27. The average Bonchev–Trinajstić information content (AvgIpc) is 2.84. The largest absolute Gasteiger partial charge is 0.488 e. The number of para-hydroxylation sites is 2. The van der Waals surface area contributed by atoms with Gasteiger partial charge in [-0.1, -0.05) is 12.1 Å². The molecule has 0 radical (unpaired) electrons. The van der Waals surface area contributed by atoms with E-state index in [1.807, 2.05) is 23.1 Å². The Morgan fingerprint density at radius 3 is 2.67 bits per heavy atom. The van der Waals surface area contributed by atoms with Crippen molar-refractivity contribution < 1.29 is 23.8 Å². The van der Waals surface area contributed by atoms with Crippen LogP contribution in [0, 0.1) is 0 Å². The Balaban J connectivity index is 1.50. The van der Waals surface area contributed by atoms with E-state index in [9.17, 15) is 9.59 Å². The highest BCUT2D eigenvalue weighted by molar-refractivity contribution is 5.96. The fraction of sp³-hybridized carbons (Fsp3) is 0.458. The molecule has 3 heterocycles. The van der Waals surface area contributed by atoms with Gasteiger partial charge in [0.15, 0.2) is 11.5 Å². The van der Waals surface area contributed by atoms with Gasteiger partial charge < -0.3 is 24.4 Å². The molecule has 0 spiro atoms. The molecular formula is C24H30N4O5. The van der Waals surface area contributed by atoms with Crippen molar-refractivity contribution in [2.24, 2.45) is 0 Å². The molecule has 9 nitrogen and oxygen atoms in total. The van der Waals surface area contributed by atoms with E-state index in [2.05, 4.69) is 10.3 Å². The molecule has 2 aliphatic rings. The van der Waals surface area contributed by atoms with Crippen LogP contribution in [0.4, 0.5) is 0 Å². The first kappa shape index (κ1) is 23.0. The van der Waals surface area contributed by atoms with Gasteiger partial charge in [-0.3, -0.25) is 14.5 Å². The Hall–Kier alpha value is -3.17. The molecule has 4 rings (SSSR count). The van der Waals surface area contributed by atoms with Crippen LogP contribution in [0.3, 0.4) is 0 Å². The first-order chi connectivity index (χ1) is 16.1. The summed E-state index contributed by atoms with van der Waals surface area (Å²) in [5.74, 6) is 1.05. The highest BCUT2D eigenvalue weighted by Crippen LogP contribution is 2.32. The van der Waals surface area contributed by atoms with Crippen LogP contribution in [0.25, 0.3) is 0 Å². The first-order valence-electron chi connectivity index (χ1n) is 11.3. The van der Waals surface area contributed by atoms with E-state index >= 15 is 0 Å². The third kappa shape index (κ3) is 6.21. The van der Waals surface area contributed by atoms with Gasteiger partial charge >= 0.3 is 0 Å². The molecule has 1 saturated heterocycles. The molecule has 2 aliphatic heterocycles. The number of pyridine rings is 1. The molecule has 2 amide bonds. The maximum absolute atomic E-state index is 13.1. The summed E-state index contributed by atoms with van der Waals surface area (Å²) in [4.78, 5) is 33.7. The molecule has 0 saturated carbocycles. The molecule has 33 heavy (non-hydrogen) atoms. The Bertz CT molecular complexity index is 963. The number of ether oxygens (including phenoxy) is 3. The third-order valence-electron chi connectivity index (χ3n) is 5.77. The second-order valence-electron chi connectivity index (χ2n) is 8.21. The number of rotatable bonds is 3. The van der Waals surface area contributed by atoms with E-state index in [-0.39, 0.29) is 30.3 Å². The second kappa shape index (κ2) is 11.1. The van der Waals surface area contributed by atoms with Crippen molar-refractivity contribution in [3.05, 3.63) is 48.2 Å². The monoisotopic (exact) mass is 454 g/mol.